The van der Waals surface area contributed by atoms with Crippen LogP contribution in [0.5, 0.6) is 0 Å². The third-order valence-electron chi connectivity index (χ3n) is 5.64. The van der Waals surface area contributed by atoms with Gasteiger partial charge in [0.05, 0.1) is 18.9 Å². The molecule has 1 spiro atoms. The molecule has 24 heavy (non-hydrogen) atoms. The van der Waals surface area contributed by atoms with E-state index in [9.17, 15) is 4.39 Å². The maximum Gasteiger partial charge on any atom is 0.177 e. The summed E-state index contributed by atoms with van der Waals surface area (Å²) in [6.45, 7) is 3.45. The summed E-state index contributed by atoms with van der Waals surface area (Å²) in [6.07, 6.45) is 6.07. The molecule has 0 amide bonds. The molecule has 2 atom stereocenters. The van der Waals surface area contributed by atoms with E-state index in [-0.39, 0.29) is 17.2 Å². The molecule has 0 radical (unpaired) electrons. The predicted octanol–water partition coefficient (Wildman–Crippen LogP) is 4.04. The Balaban J connectivity index is 1.73. The smallest absolute Gasteiger partial charge is 0.177 e. The number of aliphatic imine (C=N–C) groups is 1. The van der Waals surface area contributed by atoms with Crippen molar-refractivity contribution in [3.8, 4) is 0 Å². The Morgan fingerprint density at radius 3 is 2.62 bits per heavy atom. The summed E-state index contributed by atoms with van der Waals surface area (Å²) >= 11 is 0. The standard InChI is InChI=1S/C19H21FN2O2/c1-18-11-13(12-21)17(22-16-4-2-15(20)3-5-16)10-14(18)6-7-19(18)23-8-9-24-19/h2-5,10,12-13,21H,6-9,11H2,1H3. The fourth-order valence-electron chi connectivity index (χ4n) is 4.29. The number of benzene rings is 1. The van der Waals surface area contributed by atoms with E-state index in [1.165, 1.54) is 23.9 Å². The highest BCUT2D eigenvalue weighted by Crippen LogP contribution is 2.59. The third-order valence-corrected chi connectivity index (χ3v) is 5.64. The zero-order valence-electron chi connectivity index (χ0n) is 13.7. The molecule has 0 aromatic heterocycles. The lowest BCUT2D eigenvalue weighted by molar-refractivity contribution is -0.211. The van der Waals surface area contributed by atoms with Gasteiger partial charge in [0.2, 0.25) is 0 Å². The van der Waals surface area contributed by atoms with Crippen LogP contribution in [0.25, 0.3) is 0 Å². The number of nitrogens with zero attached hydrogens (tertiary/aromatic N) is 1. The van der Waals surface area contributed by atoms with Gasteiger partial charge >= 0.3 is 0 Å². The monoisotopic (exact) mass is 328 g/mol. The Morgan fingerprint density at radius 1 is 1.25 bits per heavy atom. The second-order valence-corrected chi connectivity index (χ2v) is 6.94. The first-order valence-corrected chi connectivity index (χ1v) is 8.40. The number of rotatable bonds is 2. The van der Waals surface area contributed by atoms with Crippen LogP contribution >= 0.6 is 0 Å². The van der Waals surface area contributed by atoms with Crippen molar-refractivity contribution in [2.45, 2.75) is 32.0 Å². The van der Waals surface area contributed by atoms with Crippen molar-refractivity contribution >= 4 is 17.6 Å². The predicted molar refractivity (Wildman–Crippen MR) is 90.4 cm³/mol. The van der Waals surface area contributed by atoms with Gasteiger partial charge in [-0.15, -0.1) is 0 Å². The van der Waals surface area contributed by atoms with E-state index in [0.717, 1.165) is 25.0 Å². The number of hydrogen-bond acceptors (Lipinski definition) is 4. The fraction of sp³-hybridized carbons (Fsp3) is 0.474. The van der Waals surface area contributed by atoms with Crippen LogP contribution in [0.3, 0.4) is 0 Å². The number of halogens is 1. The summed E-state index contributed by atoms with van der Waals surface area (Å²) in [7, 11) is 0. The van der Waals surface area contributed by atoms with E-state index in [4.69, 9.17) is 14.9 Å². The topological polar surface area (TPSA) is 54.7 Å². The first-order chi connectivity index (χ1) is 11.6. The van der Waals surface area contributed by atoms with Crippen LogP contribution < -0.4 is 0 Å². The Labute approximate surface area is 140 Å². The second kappa shape index (κ2) is 5.60. The van der Waals surface area contributed by atoms with Crippen LogP contribution in [0, 0.1) is 22.6 Å². The van der Waals surface area contributed by atoms with Crippen LogP contribution in [0.4, 0.5) is 10.1 Å². The summed E-state index contributed by atoms with van der Waals surface area (Å²) in [6, 6.07) is 6.14. The van der Waals surface area contributed by atoms with E-state index < -0.39 is 5.79 Å². The van der Waals surface area contributed by atoms with E-state index in [0.29, 0.717) is 18.9 Å². The molecule has 1 N–H and O–H groups in total. The summed E-state index contributed by atoms with van der Waals surface area (Å²) in [5, 5.41) is 7.85. The lowest BCUT2D eigenvalue weighted by Crippen LogP contribution is -2.47. The average molecular weight is 328 g/mol. The van der Waals surface area contributed by atoms with Gasteiger partial charge in [-0.05, 0) is 43.2 Å². The molecule has 4 rings (SSSR count). The van der Waals surface area contributed by atoms with Gasteiger partial charge in [0.15, 0.2) is 5.79 Å². The summed E-state index contributed by atoms with van der Waals surface area (Å²) in [4.78, 5) is 4.66. The van der Waals surface area contributed by atoms with Gasteiger partial charge in [0, 0.05) is 29.7 Å². The average Bonchev–Trinajstić information content (AvgIpc) is 3.17. The largest absolute Gasteiger partial charge is 0.347 e. The molecule has 3 aliphatic rings. The van der Waals surface area contributed by atoms with Crippen molar-refractivity contribution in [2.24, 2.45) is 16.3 Å². The normalized spacial score (nSPS) is 32.8. The van der Waals surface area contributed by atoms with Crippen LogP contribution in [0.15, 0.2) is 40.9 Å². The van der Waals surface area contributed by atoms with Crippen LogP contribution in [0.1, 0.15) is 26.2 Å². The molecule has 1 aliphatic heterocycles. The summed E-state index contributed by atoms with van der Waals surface area (Å²) in [5.74, 6) is -0.904. The van der Waals surface area contributed by atoms with E-state index in [1.54, 1.807) is 12.1 Å². The van der Waals surface area contributed by atoms with Crippen LogP contribution in [-0.2, 0) is 9.47 Å². The van der Waals surface area contributed by atoms with Crippen molar-refractivity contribution in [2.75, 3.05) is 13.2 Å². The molecule has 2 unspecified atom stereocenters. The molecule has 1 saturated carbocycles. The second-order valence-electron chi connectivity index (χ2n) is 6.94. The lowest BCUT2D eigenvalue weighted by Gasteiger charge is -2.43. The number of fused-ring (bicyclic) bond motifs is 2. The molecule has 2 aliphatic carbocycles. The minimum Gasteiger partial charge on any atom is -0.347 e. The molecular weight excluding hydrogens is 307 g/mol. The van der Waals surface area contributed by atoms with Gasteiger partial charge in [0.25, 0.3) is 0 Å². The van der Waals surface area contributed by atoms with Gasteiger partial charge < -0.3 is 14.9 Å². The van der Waals surface area contributed by atoms with Gasteiger partial charge in [-0.3, -0.25) is 4.99 Å². The first kappa shape index (κ1) is 15.7. The van der Waals surface area contributed by atoms with E-state index >= 15 is 0 Å². The van der Waals surface area contributed by atoms with Crippen LogP contribution in [-0.4, -0.2) is 30.9 Å². The highest BCUT2D eigenvalue weighted by molar-refractivity contribution is 6.08. The quantitative estimate of drug-likeness (QED) is 0.833. The fourth-order valence-corrected chi connectivity index (χ4v) is 4.29. The van der Waals surface area contributed by atoms with Crippen molar-refractivity contribution < 1.29 is 13.9 Å². The number of ether oxygens (including phenoxy) is 2. The Bertz CT molecular complexity index is 719. The van der Waals surface area contributed by atoms with Crippen molar-refractivity contribution in [1.29, 1.82) is 5.41 Å². The van der Waals surface area contributed by atoms with Gasteiger partial charge in [0.1, 0.15) is 5.82 Å². The third kappa shape index (κ3) is 2.26. The molecule has 4 nitrogen and oxygen atoms in total. The highest BCUT2D eigenvalue weighted by atomic mass is 19.1. The van der Waals surface area contributed by atoms with Crippen molar-refractivity contribution in [3.05, 3.63) is 41.7 Å². The minimum atomic E-state index is -0.540. The first-order valence-electron chi connectivity index (χ1n) is 8.40. The molecule has 1 heterocycles. The molecule has 1 aromatic carbocycles. The Kier molecular flexibility index (Phi) is 3.66. The molecule has 2 fully saturated rings. The van der Waals surface area contributed by atoms with Gasteiger partial charge in [-0.25, -0.2) is 4.39 Å². The van der Waals surface area contributed by atoms with Crippen LogP contribution in [0.2, 0.25) is 0 Å². The van der Waals surface area contributed by atoms with Crippen molar-refractivity contribution in [1.82, 2.24) is 0 Å². The number of hydrogen-bond donors (Lipinski definition) is 1. The Morgan fingerprint density at radius 2 is 1.96 bits per heavy atom. The van der Waals surface area contributed by atoms with E-state index in [2.05, 4.69) is 18.0 Å². The zero-order valence-corrected chi connectivity index (χ0v) is 13.7. The maximum absolute atomic E-state index is 13.1. The SMILES string of the molecule is CC12CC(C=N)C(=Nc3ccc(F)cc3)C=C1CCC21OCCO1. The Hall–Kier alpha value is -1.85. The number of allylic oxidation sites excluding steroid dienone is 1. The summed E-state index contributed by atoms with van der Waals surface area (Å²) in [5.41, 5.74) is 2.63. The maximum atomic E-state index is 13.1. The van der Waals surface area contributed by atoms with Gasteiger partial charge in [-0.2, -0.15) is 0 Å². The minimum absolute atomic E-state index is 0.0911. The van der Waals surface area contributed by atoms with Gasteiger partial charge in [-0.1, -0.05) is 12.5 Å². The van der Waals surface area contributed by atoms with Crippen molar-refractivity contribution in [3.63, 3.8) is 0 Å². The zero-order chi connectivity index (χ0) is 16.8. The highest BCUT2D eigenvalue weighted by Gasteiger charge is 2.60. The molecule has 1 saturated heterocycles. The molecule has 0 bridgehead atoms. The summed E-state index contributed by atoms with van der Waals surface area (Å²) < 4.78 is 25.1. The molecule has 126 valence electrons. The molecular formula is C19H21FN2O2. The number of nitrogens with one attached hydrogen (secondary N) is 1. The molecule has 1 aromatic rings. The lowest BCUT2D eigenvalue weighted by atomic mass is 9.68. The molecule has 5 heteroatoms. The van der Waals surface area contributed by atoms with E-state index in [1.807, 2.05) is 0 Å².